The monoisotopic (exact) mass is 238 g/mol. The first-order chi connectivity index (χ1) is 8.17. The summed E-state index contributed by atoms with van der Waals surface area (Å²) < 4.78 is 1.99. The number of nitrogens with zero attached hydrogens (tertiary/aromatic N) is 3. The molecule has 0 amide bonds. The van der Waals surface area contributed by atoms with Gasteiger partial charge >= 0.3 is 0 Å². The standard InChI is InChI=1S/C12H22N4O/c1-10-14-15-11(16(10)2)7-13-8-12(9-17)5-3-4-6-12/h13,17H,3-9H2,1-2H3. The number of hydrogen-bond acceptors (Lipinski definition) is 4. The molecule has 2 N–H and O–H groups in total. The molecule has 0 bridgehead atoms. The maximum Gasteiger partial charge on any atom is 0.146 e. The molecule has 0 spiro atoms. The molecular weight excluding hydrogens is 216 g/mol. The number of nitrogens with one attached hydrogen (secondary N) is 1. The van der Waals surface area contributed by atoms with Gasteiger partial charge < -0.3 is 15.0 Å². The van der Waals surface area contributed by atoms with Crippen LogP contribution in [0, 0.1) is 12.3 Å². The fourth-order valence-electron chi connectivity index (χ4n) is 2.56. The highest BCUT2D eigenvalue weighted by Crippen LogP contribution is 2.36. The van der Waals surface area contributed by atoms with Crippen LogP contribution in [0.2, 0.25) is 0 Å². The zero-order valence-corrected chi connectivity index (χ0v) is 10.7. The third kappa shape index (κ3) is 2.66. The molecule has 1 saturated carbocycles. The number of rotatable bonds is 5. The lowest BCUT2D eigenvalue weighted by atomic mass is 9.87. The number of aryl methyl sites for hydroxylation is 1. The van der Waals surface area contributed by atoms with Crippen molar-refractivity contribution in [3.05, 3.63) is 11.6 Å². The fourth-order valence-corrected chi connectivity index (χ4v) is 2.56. The molecule has 0 aromatic carbocycles. The Hall–Kier alpha value is -0.940. The Bertz CT molecular complexity index is 369. The molecule has 5 heteroatoms. The number of aliphatic hydroxyl groups excluding tert-OH is 1. The first-order valence-corrected chi connectivity index (χ1v) is 6.33. The van der Waals surface area contributed by atoms with Crippen LogP contribution >= 0.6 is 0 Å². The summed E-state index contributed by atoms with van der Waals surface area (Å²) in [6, 6.07) is 0. The lowest BCUT2D eigenvalue weighted by Gasteiger charge is -2.26. The van der Waals surface area contributed by atoms with Crippen molar-refractivity contribution in [1.29, 1.82) is 0 Å². The molecule has 1 aromatic rings. The summed E-state index contributed by atoms with van der Waals surface area (Å²) in [5.41, 5.74) is 0.105. The maximum absolute atomic E-state index is 9.50. The van der Waals surface area contributed by atoms with Crippen LogP contribution < -0.4 is 5.32 Å². The van der Waals surface area contributed by atoms with Gasteiger partial charge in [-0.3, -0.25) is 0 Å². The molecule has 96 valence electrons. The van der Waals surface area contributed by atoms with Gasteiger partial charge in [0.1, 0.15) is 11.6 Å². The predicted molar refractivity (Wildman–Crippen MR) is 65.4 cm³/mol. The highest BCUT2D eigenvalue weighted by molar-refractivity contribution is 4.93. The Morgan fingerprint density at radius 2 is 2.06 bits per heavy atom. The highest BCUT2D eigenvalue weighted by atomic mass is 16.3. The molecular formula is C12H22N4O. The molecule has 0 unspecified atom stereocenters. The number of aromatic nitrogens is 3. The second-order valence-corrected chi connectivity index (χ2v) is 5.19. The van der Waals surface area contributed by atoms with E-state index in [2.05, 4.69) is 15.5 Å². The molecule has 1 aromatic heterocycles. The normalized spacial score (nSPS) is 18.8. The summed E-state index contributed by atoms with van der Waals surface area (Å²) in [7, 11) is 1.98. The van der Waals surface area contributed by atoms with Crippen molar-refractivity contribution < 1.29 is 5.11 Å². The Labute approximate surface area is 102 Å². The smallest absolute Gasteiger partial charge is 0.146 e. The van der Waals surface area contributed by atoms with Crippen LogP contribution in [0.4, 0.5) is 0 Å². The molecule has 0 aliphatic heterocycles. The first-order valence-electron chi connectivity index (χ1n) is 6.33. The number of aliphatic hydroxyl groups is 1. The summed E-state index contributed by atoms with van der Waals surface area (Å²) in [5, 5.41) is 21.0. The van der Waals surface area contributed by atoms with Crippen LogP contribution in [-0.2, 0) is 13.6 Å². The van der Waals surface area contributed by atoms with Gasteiger partial charge in [0.25, 0.3) is 0 Å². The van der Waals surface area contributed by atoms with Crippen LogP contribution in [0.15, 0.2) is 0 Å². The average molecular weight is 238 g/mol. The van der Waals surface area contributed by atoms with Gasteiger partial charge in [-0.1, -0.05) is 12.8 Å². The SMILES string of the molecule is Cc1nnc(CNCC2(CO)CCCC2)n1C. The number of hydrogen-bond donors (Lipinski definition) is 2. The van der Waals surface area contributed by atoms with Gasteiger partial charge in [-0.2, -0.15) is 0 Å². The van der Waals surface area contributed by atoms with Crippen molar-refractivity contribution in [2.75, 3.05) is 13.2 Å². The lowest BCUT2D eigenvalue weighted by Crippen LogP contribution is -2.35. The van der Waals surface area contributed by atoms with Crippen LogP contribution in [-0.4, -0.2) is 33.0 Å². The minimum Gasteiger partial charge on any atom is -0.396 e. The summed E-state index contributed by atoms with van der Waals surface area (Å²) >= 11 is 0. The highest BCUT2D eigenvalue weighted by Gasteiger charge is 2.32. The van der Waals surface area contributed by atoms with Gasteiger partial charge in [-0.25, -0.2) is 0 Å². The Morgan fingerprint density at radius 1 is 1.35 bits per heavy atom. The molecule has 2 rings (SSSR count). The third-order valence-corrected chi connectivity index (χ3v) is 3.97. The lowest BCUT2D eigenvalue weighted by molar-refractivity contribution is 0.127. The van der Waals surface area contributed by atoms with Gasteiger partial charge in [-0.05, 0) is 19.8 Å². The largest absolute Gasteiger partial charge is 0.396 e. The minimum atomic E-state index is 0.105. The summed E-state index contributed by atoms with van der Waals surface area (Å²) in [5.74, 6) is 1.88. The van der Waals surface area contributed by atoms with Crippen molar-refractivity contribution >= 4 is 0 Å². The van der Waals surface area contributed by atoms with Crippen molar-refractivity contribution in [2.45, 2.75) is 39.2 Å². The van der Waals surface area contributed by atoms with Crippen LogP contribution in [0.3, 0.4) is 0 Å². The Morgan fingerprint density at radius 3 is 2.59 bits per heavy atom. The van der Waals surface area contributed by atoms with E-state index in [1.165, 1.54) is 12.8 Å². The van der Waals surface area contributed by atoms with Crippen molar-refractivity contribution in [2.24, 2.45) is 12.5 Å². The van der Waals surface area contributed by atoms with Crippen molar-refractivity contribution in [3.8, 4) is 0 Å². The molecule has 0 atom stereocenters. The van der Waals surface area contributed by atoms with E-state index in [0.29, 0.717) is 0 Å². The quantitative estimate of drug-likeness (QED) is 0.795. The fraction of sp³-hybridized carbons (Fsp3) is 0.833. The minimum absolute atomic E-state index is 0.105. The van der Waals surface area contributed by atoms with E-state index in [0.717, 1.165) is 37.6 Å². The van der Waals surface area contributed by atoms with Gasteiger partial charge in [0.15, 0.2) is 0 Å². The Balaban J connectivity index is 1.85. The molecule has 0 saturated heterocycles. The molecule has 1 aliphatic carbocycles. The average Bonchev–Trinajstić information content (AvgIpc) is 2.92. The van der Waals surface area contributed by atoms with Crippen molar-refractivity contribution in [3.63, 3.8) is 0 Å². The van der Waals surface area contributed by atoms with Crippen molar-refractivity contribution in [1.82, 2.24) is 20.1 Å². The van der Waals surface area contributed by atoms with E-state index in [1.807, 2.05) is 18.5 Å². The van der Waals surface area contributed by atoms with E-state index >= 15 is 0 Å². The summed E-state index contributed by atoms with van der Waals surface area (Å²) in [6.07, 6.45) is 4.75. The second-order valence-electron chi connectivity index (χ2n) is 5.19. The molecule has 17 heavy (non-hydrogen) atoms. The zero-order chi connectivity index (χ0) is 12.3. The predicted octanol–water partition coefficient (Wildman–Crippen LogP) is 0.766. The van der Waals surface area contributed by atoms with Crippen LogP contribution in [0.5, 0.6) is 0 Å². The molecule has 0 radical (unpaired) electrons. The van der Waals surface area contributed by atoms with Gasteiger partial charge in [0.2, 0.25) is 0 Å². The zero-order valence-electron chi connectivity index (χ0n) is 10.7. The van der Waals surface area contributed by atoms with E-state index in [4.69, 9.17) is 0 Å². The summed E-state index contributed by atoms with van der Waals surface area (Å²) in [4.78, 5) is 0. The molecule has 1 fully saturated rings. The third-order valence-electron chi connectivity index (χ3n) is 3.97. The van der Waals surface area contributed by atoms with Gasteiger partial charge in [0, 0.05) is 25.6 Å². The molecule has 5 nitrogen and oxygen atoms in total. The van der Waals surface area contributed by atoms with Crippen LogP contribution in [0.25, 0.3) is 0 Å². The Kier molecular flexibility index (Phi) is 3.79. The molecule has 1 heterocycles. The van der Waals surface area contributed by atoms with E-state index in [-0.39, 0.29) is 12.0 Å². The van der Waals surface area contributed by atoms with Crippen LogP contribution in [0.1, 0.15) is 37.3 Å². The van der Waals surface area contributed by atoms with E-state index in [1.54, 1.807) is 0 Å². The van der Waals surface area contributed by atoms with E-state index in [9.17, 15) is 5.11 Å². The molecule has 1 aliphatic rings. The first kappa shape index (κ1) is 12.5. The maximum atomic E-state index is 9.50. The van der Waals surface area contributed by atoms with Gasteiger partial charge in [0.05, 0.1) is 6.54 Å². The topological polar surface area (TPSA) is 63.0 Å². The second kappa shape index (κ2) is 5.14. The van der Waals surface area contributed by atoms with Gasteiger partial charge in [-0.15, -0.1) is 10.2 Å². The van der Waals surface area contributed by atoms with E-state index < -0.39 is 0 Å². The summed E-state index contributed by atoms with van der Waals surface area (Å²) in [6.45, 7) is 3.83.